The van der Waals surface area contributed by atoms with Gasteiger partial charge in [-0.05, 0) is 13.0 Å². The summed E-state index contributed by atoms with van der Waals surface area (Å²) in [4.78, 5) is 12.3. The Morgan fingerprint density at radius 3 is 2.81 bits per heavy atom. The lowest BCUT2D eigenvalue weighted by Crippen LogP contribution is -2.18. The van der Waals surface area contributed by atoms with E-state index >= 15 is 0 Å². The first-order valence-electron chi connectivity index (χ1n) is 5.10. The molecule has 0 aliphatic rings. The molecule has 2 heterocycles. The second kappa shape index (κ2) is 5.32. The van der Waals surface area contributed by atoms with E-state index in [0.717, 1.165) is 12.4 Å². The van der Waals surface area contributed by atoms with Gasteiger partial charge in [-0.25, -0.2) is 9.97 Å². The van der Waals surface area contributed by atoms with Gasteiger partial charge in [0.15, 0.2) is 5.82 Å². The summed E-state index contributed by atoms with van der Waals surface area (Å²) < 4.78 is 4.98. The van der Waals surface area contributed by atoms with Crippen LogP contribution >= 0.6 is 0 Å². The van der Waals surface area contributed by atoms with Crippen molar-refractivity contribution in [2.75, 3.05) is 6.54 Å². The maximum atomic E-state index is 4.98. The Balaban J connectivity index is 1.69. The molecule has 0 spiro atoms. The van der Waals surface area contributed by atoms with Crippen molar-refractivity contribution in [2.45, 2.75) is 19.9 Å². The molecule has 2 aromatic heterocycles. The Bertz CT molecular complexity index is 428. The quantitative estimate of drug-likeness (QED) is 0.738. The number of nitrogens with zero attached hydrogens (tertiary/aromatic N) is 4. The summed E-state index contributed by atoms with van der Waals surface area (Å²) in [6, 6.07) is 1.80. The summed E-state index contributed by atoms with van der Waals surface area (Å²) in [5.74, 6) is 2.10. The third kappa shape index (κ3) is 3.09. The lowest BCUT2D eigenvalue weighted by atomic mass is 10.4. The van der Waals surface area contributed by atoms with Crippen LogP contribution in [0, 0.1) is 6.92 Å². The van der Waals surface area contributed by atoms with E-state index in [1.54, 1.807) is 25.4 Å². The van der Waals surface area contributed by atoms with Crippen LogP contribution in [0.15, 0.2) is 23.0 Å². The first kappa shape index (κ1) is 10.7. The molecular weight excluding hydrogens is 206 g/mol. The van der Waals surface area contributed by atoms with Crippen LogP contribution in [0.3, 0.4) is 0 Å². The van der Waals surface area contributed by atoms with E-state index in [1.165, 1.54) is 0 Å². The summed E-state index contributed by atoms with van der Waals surface area (Å²) in [5, 5.41) is 6.92. The smallest absolute Gasteiger partial charge is 0.227 e. The molecule has 84 valence electrons. The van der Waals surface area contributed by atoms with E-state index < -0.39 is 0 Å². The monoisotopic (exact) mass is 219 g/mol. The van der Waals surface area contributed by atoms with Crippen LogP contribution in [0.5, 0.6) is 0 Å². The normalized spacial score (nSPS) is 10.6. The standard InChI is InChI=1S/C10H13N5O/c1-8-14-10(16-15-8)3-6-11-7-9-12-4-2-5-13-9/h2,4-5,11H,3,6-7H2,1H3. The van der Waals surface area contributed by atoms with Crippen molar-refractivity contribution in [1.82, 2.24) is 25.4 Å². The molecule has 0 amide bonds. The van der Waals surface area contributed by atoms with Crippen molar-refractivity contribution < 1.29 is 4.52 Å². The predicted octanol–water partition coefficient (Wildman–Crippen LogP) is 0.500. The van der Waals surface area contributed by atoms with Crippen LogP contribution in [-0.4, -0.2) is 26.7 Å². The maximum Gasteiger partial charge on any atom is 0.227 e. The van der Waals surface area contributed by atoms with Gasteiger partial charge in [-0.2, -0.15) is 4.98 Å². The topological polar surface area (TPSA) is 76.7 Å². The van der Waals surface area contributed by atoms with Crippen LogP contribution < -0.4 is 5.32 Å². The van der Waals surface area contributed by atoms with Gasteiger partial charge >= 0.3 is 0 Å². The Morgan fingerprint density at radius 1 is 1.31 bits per heavy atom. The van der Waals surface area contributed by atoms with Gasteiger partial charge in [-0.3, -0.25) is 0 Å². The average Bonchev–Trinajstić information content (AvgIpc) is 2.72. The summed E-state index contributed by atoms with van der Waals surface area (Å²) in [7, 11) is 0. The van der Waals surface area contributed by atoms with Crippen LogP contribution in [-0.2, 0) is 13.0 Å². The van der Waals surface area contributed by atoms with Crippen molar-refractivity contribution in [1.29, 1.82) is 0 Å². The van der Waals surface area contributed by atoms with Crippen LogP contribution in [0.2, 0.25) is 0 Å². The minimum Gasteiger partial charge on any atom is -0.339 e. The molecule has 1 N–H and O–H groups in total. The molecule has 0 bridgehead atoms. The zero-order valence-corrected chi connectivity index (χ0v) is 9.05. The summed E-state index contributed by atoms with van der Waals surface area (Å²) in [6.07, 6.45) is 4.17. The van der Waals surface area contributed by atoms with E-state index in [2.05, 4.69) is 25.4 Å². The average molecular weight is 219 g/mol. The Morgan fingerprint density at radius 2 is 2.12 bits per heavy atom. The van der Waals surface area contributed by atoms with Gasteiger partial charge in [0.2, 0.25) is 5.89 Å². The van der Waals surface area contributed by atoms with Crippen LogP contribution in [0.25, 0.3) is 0 Å². The number of aromatic nitrogens is 4. The number of hydrogen-bond donors (Lipinski definition) is 1. The Kier molecular flexibility index (Phi) is 3.55. The molecule has 6 heteroatoms. The van der Waals surface area contributed by atoms with Crippen molar-refractivity contribution in [3.63, 3.8) is 0 Å². The zero-order valence-electron chi connectivity index (χ0n) is 9.05. The third-order valence-corrected chi connectivity index (χ3v) is 1.99. The van der Waals surface area contributed by atoms with Crippen molar-refractivity contribution in [3.05, 3.63) is 36.0 Å². The van der Waals surface area contributed by atoms with Crippen molar-refractivity contribution >= 4 is 0 Å². The largest absolute Gasteiger partial charge is 0.339 e. The number of aryl methyl sites for hydroxylation is 1. The van der Waals surface area contributed by atoms with Gasteiger partial charge in [0.05, 0.1) is 6.54 Å². The number of rotatable bonds is 5. The molecule has 0 radical (unpaired) electrons. The molecule has 2 rings (SSSR count). The summed E-state index contributed by atoms with van der Waals surface area (Å²) >= 11 is 0. The number of hydrogen-bond acceptors (Lipinski definition) is 6. The van der Waals surface area contributed by atoms with Crippen molar-refractivity contribution in [3.8, 4) is 0 Å². The highest BCUT2D eigenvalue weighted by Gasteiger charge is 2.01. The zero-order chi connectivity index (χ0) is 11.2. The second-order valence-electron chi connectivity index (χ2n) is 3.33. The molecule has 0 saturated heterocycles. The molecule has 0 aromatic carbocycles. The fourth-order valence-electron chi connectivity index (χ4n) is 1.26. The highest BCUT2D eigenvalue weighted by Crippen LogP contribution is 1.95. The molecule has 0 aliphatic carbocycles. The van der Waals surface area contributed by atoms with Gasteiger partial charge in [0.25, 0.3) is 0 Å². The van der Waals surface area contributed by atoms with E-state index in [9.17, 15) is 0 Å². The van der Waals surface area contributed by atoms with Gasteiger partial charge < -0.3 is 9.84 Å². The van der Waals surface area contributed by atoms with E-state index in [-0.39, 0.29) is 0 Å². The minimum atomic E-state index is 0.647. The Labute approximate surface area is 93.1 Å². The fourth-order valence-corrected chi connectivity index (χ4v) is 1.26. The summed E-state index contributed by atoms with van der Waals surface area (Å²) in [6.45, 7) is 3.21. The maximum absolute atomic E-state index is 4.98. The van der Waals surface area contributed by atoms with Crippen molar-refractivity contribution in [2.24, 2.45) is 0 Å². The molecule has 0 unspecified atom stereocenters. The molecule has 0 saturated carbocycles. The molecule has 0 aliphatic heterocycles. The molecule has 6 nitrogen and oxygen atoms in total. The third-order valence-electron chi connectivity index (χ3n) is 1.99. The molecule has 0 atom stereocenters. The molecule has 0 fully saturated rings. The SMILES string of the molecule is Cc1noc(CCNCc2ncccn2)n1. The van der Waals surface area contributed by atoms with E-state index in [4.69, 9.17) is 4.52 Å². The van der Waals surface area contributed by atoms with Gasteiger partial charge in [0, 0.05) is 25.4 Å². The highest BCUT2D eigenvalue weighted by molar-refractivity contribution is 4.88. The van der Waals surface area contributed by atoms with Crippen LogP contribution in [0.1, 0.15) is 17.5 Å². The Hall–Kier alpha value is -1.82. The molecule has 2 aromatic rings. The summed E-state index contributed by atoms with van der Waals surface area (Å²) in [5.41, 5.74) is 0. The number of nitrogens with one attached hydrogen (secondary N) is 1. The van der Waals surface area contributed by atoms with Gasteiger partial charge in [0.1, 0.15) is 5.82 Å². The molecular formula is C10H13N5O. The lowest BCUT2D eigenvalue weighted by molar-refractivity contribution is 0.372. The van der Waals surface area contributed by atoms with E-state index in [0.29, 0.717) is 24.7 Å². The predicted molar refractivity (Wildman–Crippen MR) is 56.5 cm³/mol. The highest BCUT2D eigenvalue weighted by atomic mass is 16.5. The second-order valence-corrected chi connectivity index (χ2v) is 3.33. The molecule has 16 heavy (non-hydrogen) atoms. The fraction of sp³-hybridized carbons (Fsp3) is 0.400. The van der Waals surface area contributed by atoms with Gasteiger partial charge in [-0.15, -0.1) is 0 Å². The first-order valence-corrected chi connectivity index (χ1v) is 5.10. The van der Waals surface area contributed by atoms with Gasteiger partial charge in [-0.1, -0.05) is 5.16 Å². The van der Waals surface area contributed by atoms with Crippen LogP contribution in [0.4, 0.5) is 0 Å². The first-order chi connectivity index (χ1) is 7.84. The lowest BCUT2D eigenvalue weighted by Gasteiger charge is -2.00. The minimum absolute atomic E-state index is 0.647. The van der Waals surface area contributed by atoms with E-state index in [1.807, 2.05) is 0 Å².